The zero-order valence-corrected chi connectivity index (χ0v) is 3.70. The van der Waals surface area contributed by atoms with Crippen molar-refractivity contribution in [3.8, 4) is 0 Å². The molecule has 0 saturated carbocycles. The molecule has 0 atom stereocenters. The fourth-order valence-corrected chi connectivity index (χ4v) is 0.266. The first-order chi connectivity index (χ1) is 3.39. The molecule has 0 amide bonds. The largest absolute Gasteiger partial charge is 0.139 e. The number of hydrogen-bond acceptors (Lipinski definition) is 3. The Morgan fingerprint density at radius 2 is 2.43 bits per heavy atom. The van der Waals surface area contributed by atoms with Gasteiger partial charge in [-0.15, -0.1) is 10.2 Å². The second kappa shape index (κ2) is 1.64. The minimum Gasteiger partial charge on any atom is -0.139 e. The second-order valence-electron chi connectivity index (χ2n) is 1.11. The zero-order valence-electron chi connectivity index (χ0n) is 3.70. The fraction of sp³-hybridized carbons (Fsp3) is 0. The number of rotatable bonds is 0. The van der Waals surface area contributed by atoms with E-state index >= 15 is 0 Å². The highest BCUT2D eigenvalue weighted by Crippen LogP contribution is 1.79. The fourth-order valence-electron chi connectivity index (χ4n) is 0.266. The van der Waals surface area contributed by atoms with E-state index in [0.29, 0.717) is 5.69 Å². The van der Waals surface area contributed by atoms with Crippen LogP contribution < -0.4 is 0 Å². The van der Waals surface area contributed by atoms with E-state index in [-0.39, 0.29) is 0 Å². The van der Waals surface area contributed by atoms with Crippen LogP contribution in [0.2, 0.25) is 0 Å². The van der Waals surface area contributed by atoms with E-state index in [1.54, 1.807) is 12.3 Å². The van der Waals surface area contributed by atoms with Crippen LogP contribution in [0, 0.1) is 6.92 Å². The number of aromatic nitrogens is 3. The van der Waals surface area contributed by atoms with Crippen molar-refractivity contribution < 1.29 is 0 Å². The molecule has 35 valence electrons. The molecular weight excluding hydrogens is 90.1 g/mol. The predicted octanol–water partition coefficient (Wildman–Crippen LogP) is 0.0538. The van der Waals surface area contributed by atoms with Crippen LogP contribution in [0.4, 0.5) is 0 Å². The highest BCUT2D eigenvalue weighted by atomic mass is 15.3. The zero-order chi connectivity index (χ0) is 5.11. The van der Waals surface area contributed by atoms with Gasteiger partial charge in [0.25, 0.3) is 0 Å². The van der Waals surface area contributed by atoms with E-state index in [1.165, 1.54) is 0 Å². The molecule has 0 spiro atoms. The first-order valence-corrected chi connectivity index (χ1v) is 1.86. The smallest absolute Gasteiger partial charge is 0.0668 e. The van der Waals surface area contributed by atoms with Gasteiger partial charge in [-0.25, -0.2) is 0 Å². The number of nitrogens with zero attached hydrogens (tertiary/aromatic N) is 3. The molecular formula is C4H4N3. The minimum absolute atomic E-state index is 0.648. The van der Waals surface area contributed by atoms with Crippen LogP contribution in [-0.4, -0.2) is 15.4 Å². The van der Waals surface area contributed by atoms with Crippen molar-refractivity contribution in [3.63, 3.8) is 0 Å². The summed E-state index contributed by atoms with van der Waals surface area (Å²) < 4.78 is 0. The molecule has 1 rings (SSSR count). The minimum atomic E-state index is 0.648. The lowest BCUT2D eigenvalue weighted by atomic mass is 10.5. The Morgan fingerprint density at radius 1 is 1.57 bits per heavy atom. The molecule has 1 aromatic rings. The normalized spacial score (nSPS) is 8.71. The Labute approximate surface area is 41.4 Å². The third-order valence-corrected chi connectivity index (χ3v) is 0.558. The molecule has 0 aliphatic heterocycles. The Hall–Kier alpha value is -0.990. The molecule has 3 heteroatoms. The quantitative estimate of drug-likeness (QED) is 0.456. The summed E-state index contributed by atoms with van der Waals surface area (Å²) >= 11 is 0. The van der Waals surface area contributed by atoms with E-state index in [1.807, 2.05) is 0 Å². The van der Waals surface area contributed by atoms with Gasteiger partial charge < -0.3 is 0 Å². The Morgan fingerprint density at radius 3 is 2.71 bits per heavy atom. The van der Waals surface area contributed by atoms with Gasteiger partial charge in [-0.3, -0.25) is 0 Å². The van der Waals surface area contributed by atoms with Gasteiger partial charge in [0, 0.05) is 0 Å². The average Bonchev–Trinajstić information content (AvgIpc) is 1.69. The summed E-state index contributed by atoms with van der Waals surface area (Å²) in [4.78, 5) is 0. The summed E-state index contributed by atoms with van der Waals surface area (Å²) in [6, 6.07) is 1.69. The van der Waals surface area contributed by atoms with Crippen LogP contribution in [0.5, 0.6) is 0 Å². The van der Waals surface area contributed by atoms with Crippen molar-refractivity contribution in [1.82, 2.24) is 15.4 Å². The van der Waals surface area contributed by atoms with Gasteiger partial charge in [0.1, 0.15) is 0 Å². The lowest BCUT2D eigenvalue weighted by Gasteiger charge is -1.79. The van der Waals surface area contributed by atoms with Gasteiger partial charge in [0.15, 0.2) is 0 Å². The molecule has 0 bridgehead atoms. The standard InChI is InChI=1S/C4H4N3/c1-4-2-3-5-7-6-4/h2-3H,1H2. The number of hydrogen-bond donors (Lipinski definition) is 0. The van der Waals surface area contributed by atoms with Crippen LogP contribution in [0.25, 0.3) is 0 Å². The van der Waals surface area contributed by atoms with Crippen molar-refractivity contribution >= 4 is 0 Å². The monoisotopic (exact) mass is 94.0 g/mol. The van der Waals surface area contributed by atoms with Gasteiger partial charge in [-0.05, 0) is 18.2 Å². The SMILES string of the molecule is [CH2]c1ccnnn1. The Bertz CT molecular complexity index is 137. The molecule has 1 heterocycles. The molecule has 0 saturated heterocycles. The van der Waals surface area contributed by atoms with Crippen LogP contribution in [0.3, 0.4) is 0 Å². The van der Waals surface area contributed by atoms with Crippen molar-refractivity contribution in [2.75, 3.05) is 0 Å². The molecule has 1 aromatic heterocycles. The van der Waals surface area contributed by atoms with Crippen LogP contribution in [0.15, 0.2) is 12.3 Å². The second-order valence-corrected chi connectivity index (χ2v) is 1.11. The molecule has 3 nitrogen and oxygen atoms in total. The average molecular weight is 94.1 g/mol. The van der Waals surface area contributed by atoms with E-state index in [0.717, 1.165) is 0 Å². The lowest BCUT2D eigenvalue weighted by molar-refractivity contribution is 0.851. The van der Waals surface area contributed by atoms with Crippen molar-refractivity contribution in [1.29, 1.82) is 0 Å². The molecule has 0 aliphatic rings. The van der Waals surface area contributed by atoms with E-state index < -0.39 is 0 Å². The van der Waals surface area contributed by atoms with Crippen LogP contribution >= 0.6 is 0 Å². The van der Waals surface area contributed by atoms with Crippen LogP contribution in [-0.2, 0) is 0 Å². The van der Waals surface area contributed by atoms with Crippen molar-refractivity contribution in [2.24, 2.45) is 0 Å². The van der Waals surface area contributed by atoms with E-state index in [4.69, 9.17) is 0 Å². The molecule has 0 fully saturated rings. The molecule has 0 N–H and O–H groups in total. The van der Waals surface area contributed by atoms with E-state index in [9.17, 15) is 0 Å². The lowest BCUT2D eigenvalue weighted by Crippen LogP contribution is -1.85. The summed E-state index contributed by atoms with van der Waals surface area (Å²) in [5.74, 6) is 0. The van der Waals surface area contributed by atoms with Crippen LogP contribution in [0.1, 0.15) is 5.69 Å². The topological polar surface area (TPSA) is 38.7 Å². The summed E-state index contributed by atoms with van der Waals surface area (Å²) in [5.41, 5.74) is 0.648. The van der Waals surface area contributed by atoms with Crippen molar-refractivity contribution in [3.05, 3.63) is 24.9 Å². The molecule has 0 aliphatic carbocycles. The van der Waals surface area contributed by atoms with Gasteiger partial charge in [-0.1, -0.05) is 0 Å². The molecule has 1 radical (unpaired) electrons. The highest BCUT2D eigenvalue weighted by Gasteiger charge is 1.76. The molecule has 7 heavy (non-hydrogen) atoms. The van der Waals surface area contributed by atoms with Gasteiger partial charge in [0.2, 0.25) is 0 Å². The highest BCUT2D eigenvalue weighted by molar-refractivity contribution is 4.97. The Kier molecular flexibility index (Phi) is 0.978. The van der Waals surface area contributed by atoms with E-state index in [2.05, 4.69) is 22.3 Å². The summed E-state index contributed by atoms with van der Waals surface area (Å²) in [5, 5.41) is 10.3. The van der Waals surface area contributed by atoms with Crippen molar-refractivity contribution in [2.45, 2.75) is 0 Å². The third kappa shape index (κ3) is 0.924. The summed E-state index contributed by atoms with van der Waals surface area (Å²) in [6.45, 7) is 3.51. The first kappa shape index (κ1) is 4.18. The van der Waals surface area contributed by atoms with Gasteiger partial charge >= 0.3 is 0 Å². The molecule has 0 aromatic carbocycles. The Balaban J connectivity index is 3.02. The summed E-state index contributed by atoms with van der Waals surface area (Å²) in [7, 11) is 0. The van der Waals surface area contributed by atoms with Gasteiger partial charge in [0.05, 0.1) is 11.9 Å². The summed E-state index contributed by atoms with van der Waals surface area (Å²) in [6.07, 6.45) is 1.55. The first-order valence-electron chi connectivity index (χ1n) is 1.86. The maximum absolute atomic E-state index is 3.51. The molecule has 0 unspecified atom stereocenters. The third-order valence-electron chi connectivity index (χ3n) is 0.558. The predicted molar refractivity (Wildman–Crippen MR) is 24.3 cm³/mol. The van der Waals surface area contributed by atoms with Gasteiger partial charge in [-0.2, -0.15) is 0 Å². The maximum atomic E-state index is 3.51. The maximum Gasteiger partial charge on any atom is 0.0668 e.